The molecule has 1 spiro atoms. The highest BCUT2D eigenvalue weighted by atomic mass is 19.1. The third-order valence-corrected chi connectivity index (χ3v) is 9.38. The van der Waals surface area contributed by atoms with Crippen molar-refractivity contribution in [3.05, 3.63) is 29.6 Å². The number of rotatable bonds is 3. The molecule has 8 nitrogen and oxygen atoms in total. The number of fused-ring (bicyclic) bond motifs is 6. The maximum Gasteiger partial charge on any atom is 0.414 e. The first-order valence-electron chi connectivity index (χ1n) is 14.0. The molecule has 0 aromatic heterocycles. The fourth-order valence-corrected chi connectivity index (χ4v) is 7.42. The summed E-state index contributed by atoms with van der Waals surface area (Å²) in [4.78, 5) is 31.9. The number of nitrogens with zero attached hydrogens (tertiary/aromatic N) is 3. The second-order valence-electron chi connectivity index (χ2n) is 11.5. The summed E-state index contributed by atoms with van der Waals surface area (Å²) in [7, 11) is 0. The molecule has 3 unspecified atom stereocenters. The summed E-state index contributed by atoms with van der Waals surface area (Å²) in [5.41, 5.74) is 1.44. The normalized spacial score (nSPS) is 30.9. The summed E-state index contributed by atoms with van der Waals surface area (Å²) >= 11 is 0. The first-order valence-corrected chi connectivity index (χ1v) is 14.0. The highest BCUT2D eigenvalue weighted by Gasteiger charge is 2.49. The Morgan fingerprint density at radius 1 is 1.11 bits per heavy atom. The molecule has 7 rings (SSSR count). The van der Waals surface area contributed by atoms with Crippen molar-refractivity contribution >= 4 is 17.9 Å². The summed E-state index contributed by atoms with van der Waals surface area (Å²) in [6.45, 7) is 6.44. The summed E-state index contributed by atoms with van der Waals surface area (Å²) < 4.78 is 30.9. The number of anilines is 1. The Morgan fingerprint density at radius 2 is 1.95 bits per heavy atom. The van der Waals surface area contributed by atoms with Gasteiger partial charge in [0.05, 0.1) is 25.5 Å². The highest BCUT2D eigenvalue weighted by Crippen LogP contribution is 2.48. The Kier molecular flexibility index (Phi) is 6.77. The van der Waals surface area contributed by atoms with E-state index in [0.29, 0.717) is 44.7 Å². The van der Waals surface area contributed by atoms with E-state index in [1.54, 1.807) is 17.0 Å². The van der Waals surface area contributed by atoms with Crippen molar-refractivity contribution in [2.45, 2.75) is 75.5 Å². The van der Waals surface area contributed by atoms with Gasteiger partial charge in [0.2, 0.25) is 0 Å². The number of likely N-dealkylation sites (tertiary alicyclic amines) is 1. The minimum absolute atomic E-state index is 0.170. The van der Waals surface area contributed by atoms with Gasteiger partial charge in [-0.25, -0.2) is 14.0 Å². The lowest BCUT2D eigenvalue weighted by Gasteiger charge is -2.43. The Hall–Kier alpha value is -2.39. The molecule has 202 valence electrons. The molecule has 4 atom stereocenters. The molecule has 9 heteroatoms. The van der Waals surface area contributed by atoms with Gasteiger partial charge < -0.3 is 24.0 Å². The molecular weight excluding hydrogens is 477 g/mol. The number of ether oxygens (including phenoxy) is 3. The van der Waals surface area contributed by atoms with E-state index in [9.17, 15) is 14.0 Å². The van der Waals surface area contributed by atoms with Gasteiger partial charge in [-0.2, -0.15) is 0 Å². The first kappa shape index (κ1) is 24.9. The summed E-state index contributed by atoms with van der Waals surface area (Å²) in [5.74, 6) is 0.245. The maximum absolute atomic E-state index is 14.4. The van der Waals surface area contributed by atoms with Crippen LogP contribution in [0.2, 0.25) is 0 Å². The van der Waals surface area contributed by atoms with Crippen LogP contribution in [0.5, 0.6) is 0 Å². The maximum atomic E-state index is 14.4. The van der Waals surface area contributed by atoms with Crippen LogP contribution in [0, 0.1) is 11.7 Å². The Labute approximate surface area is 218 Å². The van der Waals surface area contributed by atoms with Crippen LogP contribution < -0.4 is 4.90 Å². The molecule has 2 amide bonds. The quantitative estimate of drug-likeness (QED) is 0.598. The molecular formula is C28H38FN3O5. The van der Waals surface area contributed by atoms with Gasteiger partial charge in [0, 0.05) is 37.0 Å². The van der Waals surface area contributed by atoms with E-state index in [1.807, 2.05) is 11.8 Å². The van der Waals surface area contributed by atoms with Gasteiger partial charge in [0.15, 0.2) is 0 Å². The molecule has 1 aliphatic carbocycles. The molecule has 1 saturated carbocycles. The number of benzene rings is 1. The summed E-state index contributed by atoms with van der Waals surface area (Å²) in [6.07, 6.45) is 6.01. The van der Waals surface area contributed by atoms with E-state index in [4.69, 9.17) is 14.2 Å². The lowest BCUT2D eigenvalue weighted by molar-refractivity contribution is 0.0660. The molecule has 5 heterocycles. The molecule has 2 bridgehead atoms. The molecule has 1 aromatic rings. The van der Waals surface area contributed by atoms with Crippen molar-refractivity contribution in [2.24, 2.45) is 5.92 Å². The molecule has 37 heavy (non-hydrogen) atoms. The van der Waals surface area contributed by atoms with E-state index in [1.165, 1.54) is 12.5 Å². The SMILES string of the molecule is CCOC(=O)N1CC2CCC1CC(N1CCC3(CC1)CN(C(=O)O[C@H]1CCOC1)c1ccc(F)cc13)C2. The van der Waals surface area contributed by atoms with E-state index < -0.39 is 0 Å². The molecule has 1 aromatic carbocycles. The van der Waals surface area contributed by atoms with Gasteiger partial charge in [0.25, 0.3) is 0 Å². The van der Waals surface area contributed by atoms with E-state index in [0.717, 1.165) is 63.0 Å². The van der Waals surface area contributed by atoms with Crippen molar-refractivity contribution in [2.75, 3.05) is 50.9 Å². The van der Waals surface area contributed by atoms with Gasteiger partial charge in [-0.1, -0.05) is 0 Å². The second-order valence-corrected chi connectivity index (χ2v) is 11.5. The van der Waals surface area contributed by atoms with Crippen molar-refractivity contribution in [3.8, 4) is 0 Å². The third kappa shape index (κ3) is 4.69. The predicted molar refractivity (Wildman–Crippen MR) is 135 cm³/mol. The molecule has 4 saturated heterocycles. The molecule has 0 radical (unpaired) electrons. The average Bonchev–Trinajstić information content (AvgIpc) is 3.39. The highest BCUT2D eigenvalue weighted by molar-refractivity contribution is 5.91. The smallest absolute Gasteiger partial charge is 0.414 e. The number of hydrogen-bond donors (Lipinski definition) is 0. The first-order chi connectivity index (χ1) is 18.0. The Bertz CT molecular complexity index is 1020. The van der Waals surface area contributed by atoms with Crippen LogP contribution in [0.1, 0.15) is 57.4 Å². The van der Waals surface area contributed by atoms with Crippen LogP contribution in [0.4, 0.5) is 19.7 Å². The third-order valence-electron chi connectivity index (χ3n) is 9.38. The number of hydrogen-bond acceptors (Lipinski definition) is 6. The van der Waals surface area contributed by atoms with Crippen LogP contribution in [-0.4, -0.2) is 86.2 Å². The van der Waals surface area contributed by atoms with Crippen LogP contribution in [0.3, 0.4) is 0 Å². The van der Waals surface area contributed by atoms with Crippen LogP contribution in [0.25, 0.3) is 0 Å². The Morgan fingerprint density at radius 3 is 2.70 bits per heavy atom. The molecule has 0 N–H and O–H groups in total. The fraction of sp³-hybridized carbons (Fsp3) is 0.714. The van der Waals surface area contributed by atoms with Crippen LogP contribution >= 0.6 is 0 Å². The van der Waals surface area contributed by atoms with Crippen molar-refractivity contribution in [1.82, 2.24) is 9.80 Å². The minimum Gasteiger partial charge on any atom is -0.450 e. The van der Waals surface area contributed by atoms with Crippen LogP contribution in [0.15, 0.2) is 18.2 Å². The number of carbonyl (C=O) groups is 2. The Balaban J connectivity index is 1.15. The van der Waals surface area contributed by atoms with Crippen molar-refractivity contribution < 1.29 is 28.2 Å². The van der Waals surface area contributed by atoms with E-state index in [-0.39, 0.29) is 35.6 Å². The van der Waals surface area contributed by atoms with Crippen molar-refractivity contribution in [1.29, 1.82) is 0 Å². The lowest BCUT2D eigenvalue weighted by Crippen LogP contribution is -2.50. The topological polar surface area (TPSA) is 71.6 Å². The summed E-state index contributed by atoms with van der Waals surface area (Å²) in [5, 5.41) is 0. The number of piperidine rings is 2. The molecule has 5 aliphatic heterocycles. The lowest BCUT2D eigenvalue weighted by atomic mass is 9.74. The summed E-state index contributed by atoms with van der Waals surface area (Å²) in [6, 6.07) is 5.46. The van der Waals surface area contributed by atoms with Gasteiger partial charge in [0.1, 0.15) is 11.9 Å². The minimum atomic E-state index is -0.359. The average molecular weight is 516 g/mol. The zero-order valence-corrected chi connectivity index (χ0v) is 21.7. The fourth-order valence-electron chi connectivity index (χ4n) is 7.42. The number of carbonyl (C=O) groups excluding carboxylic acids is 2. The van der Waals surface area contributed by atoms with Crippen molar-refractivity contribution in [3.63, 3.8) is 0 Å². The second kappa shape index (κ2) is 10.1. The standard InChI is InChI=1S/C28H38FN3O5/c1-2-36-26(33)31-16-19-3-5-21(31)15-22(13-19)30-10-8-28(9-11-30)18-32(25-6-4-20(29)14-24(25)28)27(34)37-23-7-12-35-17-23/h4,6,14,19,21-23H,2-3,5,7-13,15-18H2,1H3/t19?,21?,22?,23-/m0/s1. The van der Waals surface area contributed by atoms with Crippen LogP contribution in [-0.2, 0) is 19.6 Å². The van der Waals surface area contributed by atoms with Gasteiger partial charge in [-0.15, -0.1) is 0 Å². The monoisotopic (exact) mass is 515 g/mol. The zero-order valence-electron chi connectivity index (χ0n) is 21.7. The molecule has 6 aliphatic rings. The van der Waals surface area contributed by atoms with E-state index in [2.05, 4.69) is 4.90 Å². The van der Waals surface area contributed by atoms with Gasteiger partial charge >= 0.3 is 12.2 Å². The zero-order chi connectivity index (χ0) is 25.6. The van der Waals surface area contributed by atoms with E-state index >= 15 is 0 Å². The largest absolute Gasteiger partial charge is 0.450 e. The number of halogens is 1. The van der Waals surface area contributed by atoms with Gasteiger partial charge in [-0.3, -0.25) is 4.90 Å². The number of amides is 2. The van der Waals surface area contributed by atoms with Gasteiger partial charge in [-0.05, 0) is 88.2 Å². The predicted octanol–water partition coefficient (Wildman–Crippen LogP) is 4.30. The molecule has 5 fully saturated rings.